The largest absolute Gasteiger partial charge is 0.351 e. The predicted octanol–water partition coefficient (Wildman–Crippen LogP) is 0.475. The first kappa shape index (κ1) is 17.7. The van der Waals surface area contributed by atoms with Crippen LogP contribution >= 0.6 is 12.4 Å². The molecule has 0 aromatic heterocycles. The van der Waals surface area contributed by atoms with E-state index in [2.05, 4.69) is 5.32 Å². The maximum absolute atomic E-state index is 11.8. The maximum atomic E-state index is 11.8. The third-order valence-electron chi connectivity index (χ3n) is 3.02. The molecule has 1 unspecified atom stereocenters. The summed E-state index contributed by atoms with van der Waals surface area (Å²) in [6, 6.07) is -0.901. The Hall–Kier alpha value is -0.330. The van der Waals surface area contributed by atoms with E-state index >= 15 is 0 Å². The number of rotatable bonds is 2. The van der Waals surface area contributed by atoms with Crippen LogP contribution in [-0.2, 0) is 14.6 Å². The maximum Gasteiger partial charge on any atom is 0.237 e. The molecule has 18 heavy (non-hydrogen) atoms. The van der Waals surface area contributed by atoms with Gasteiger partial charge in [-0.05, 0) is 18.3 Å². The van der Waals surface area contributed by atoms with E-state index in [0.29, 0.717) is 12.8 Å². The van der Waals surface area contributed by atoms with Crippen LogP contribution < -0.4 is 11.1 Å². The summed E-state index contributed by atoms with van der Waals surface area (Å²) in [4.78, 5) is 11.8. The molecule has 7 heteroatoms. The smallest absolute Gasteiger partial charge is 0.237 e. The highest BCUT2D eigenvalue weighted by molar-refractivity contribution is 7.91. The number of nitrogens with one attached hydrogen (secondary N) is 1. The number of hydrogen-bond donors (Lipinski definition) is 2. The first-order chi connectivity index (χ1) is 7.62. The third kappa shape index (κ3) is 5.12. The molecule has 1 aliphatic heterocycles. The molecule has 1 aliphatic rings. The summed E-state index contributed by atoms with van der Waals surface area (Å²) in [5.74, 6) is -0.0000750. The van der Waals surface area contributed by atoms with Gasteiger partial charge < -0.3 is 11.1 Å². The second-order valence-corrected chi connectivity index (χ2v) is 8.03. The van der Waals surface area contributed by atoms with Gasteiger partial charge in [0.05, 0.1) is 17.5 Å². The Morgan fingerprint density at radius 1 is 1.39 bits per heavy atom. The molecule has 0 radical (unpaired) electrons. The van der Waals surface area contributed by atoms with Crippen LogP contribution in [0.4, 0.5) is 0 Å². The molecule has 2 atom stereocenters. The average molecular weight is 299 g/mol. The summed E-state index contributed by atoms with van der Waals surface area (Å²) in [6.45, 7) is 5.65. The number of sulfone groups is 1. The van der Waals surface area contributed by atoms with E-state index in [-0.39, 0.29) is 41.3 Å². The van der Waals surface area contributed by atoms with E-state index in [0.717, 1.165) is 0 Å². The zero-order chi connectivity index (χ0) is 13.3. The van der Waals surface area contributed by atoms with Gasteiger partial charge >= 0.3 is 0 Å². The van der Waals surface area contributed by atoms with Gasteiger partial charge in [-0.3, -0.25) is 4.79 Å². The van der Waals surface area contributed by atoms with Gasteiger partial charge in [-0.25, -0.2) is 8.42 Å². The van der Waals surface area contributed by atoms with Crippen LogP contribution in [-0.4, -0.2) is 37.9 Å². The Morgan fingerprint density at radius 2 is 1.94 bits per heavy atom. The van der Waals surface area contributed by atoms with E-state index in [1.54, 1.807) is 0 Å². The molecule has 1 rings (SSSR count). The SMILES string of the molecule is CC(C)(C)[C@H](N)C(=O)NC1CCCS(=O)(=O)C1.Cl. The molecular weight excluding hydrogens is 276 g/mol. The van der Waals surface area contributed by atoms with Crippen molar-refractivity contribution in [3.63, 3.8) is 0 Å². The Labute approximate surface area is 115 Å². The second-order valence-electron chi connectivity index (χ2n) is 5.81. The van der Waals surface area contributed by atoms with Crippen molar-refractivity contribution in [3.8, 4) is 0 Å². The molecule has 1 fully saturated rings. The molecule has 0 saturated carbocycles. The molecule has 5 nitrogen and oxygen atoms in total. The van der Waals surface area contributed by atoms with Crippen molar-refractivity contribution in [2.24, 2.45) is 11.1 Å². The van der Waals surface area contributed by atoms with Crippen LogP contribution in [0.25, 0.3) is 0 Å². The zero-order valence-corrected chi connectivity index (χ0v) is 12.7. The minimum Gasteiger partial charge on any atom is -0.351 e. The summed E-state index contributed by atoms with van der Waals surface area (Å²) < 4.78 is 22.9. The fourth-order valence-corrected chi connectivity index (χ4v) is 3.46. The Bertz CT molecular complexity index is 390. The number of amides is 1. The topological polar surface area (TPSA) is 89.3 Å². The number of nitrogens with two attached hydrogens (primary N) is 1. The van der Waals surface area contributed by atoms with E-state index < -0.39 is 15.9 Å². The van der Waals surface area contributed by atoms with Gasteiger partial charge in [0.1, 0.15) is 0 Å². The molecule has 108 valence electrons. The van der Waals surface area contributed by atoms with E-state index in [4.69, 9.17) is 5.73 Å². The predicted molar refractivity (Wildman–Crippen MR) is 74.5 cm³/mol. The van der Waals surface area contributed by atoms with Crippen LogP contribution in [0.3, 0.4) is 0 Å². The van der Waals surface area contributed by atoms with Crippen LogP contribution in [0.5, 0.6) is 0 Å². The quantitative estimate of drug-likeness (QED) is 0.776. The fourth-order valence-electron chi connectivity index (χ4n) is 1.82. The lowest BCUT2D eigenvalue weighted by Crippen LogP contribution is -2.53. The van der Waals surface area contributed by atoms with Crippen LogP contribution in [0.1, 0.15) is 33.6 Å². The monoisotopic (exact) mass is 298 g/mol. The number of carbonyl (C=O) groups is 1. The minimum absolute atomic E-state index is 0. The number of hydrogen-bond acceptors (Lipinski definition) is 4. The molecule has 0 spiro atoms. The molecule has 0 bridgehead atoms. The molecule has 1 saturated heterocycles. The van der Waals surface area contributed by atoms with Gasteiger partial charge in [-0.2, -0.15) is 0 Å². The third-order valence-corrected chi connectivity index (χ3v) is 4.85. The first-order valence-corrected chi connectivity index (χ1v) is 7.70. The average Bonchev–Trinajstić information content (AvgIpc) is 2.13. The molecule has 1 amide bonds. The van der Waals surface area contributed by atoms with Gasteiger partial charge in [0.25, 0.3) is 0 Å². The Balaban J connectivity index is 0.00000289. The van der Waals surface area contributed by atoms with Crippen molar-refractivity contribution >= 4 is 28.2 Å². The van der Waals surface area contributed by atoms with Crippen molar-refractivity contribution in [1.29, 1.82) is 0 Å². The molecule has 0 aromatic carbocycles. The van der Waals surface area contributed by atoms with Crippen LogP contribution in [0.2, 0.25) is 0 Å². The summed E-state index contributed by atoms with van der Waals surface area (Å²) in [5, 5.41) is 2.74. The van der Waals surface area contributed by atoms with Crippen LogP contribution in [0, 0.1) is 5.41 Å². The van der Waals surface area contributed by atoms with Gasteiger partial charge in [0, 0.05) is 6.04 Å². The Kier molecular flexibility index (Phi) is 6.10. The highest BCUT2D eigenvalue weighted by Gasteiger charge is 2.31. The highest BCUT2D eigenvalue weighted by Crippen LogP contribution is 2.18. The minimum atomic E-state index is -2.99. The standard InChI is InChI=1S/C11H22N2O3S.ClH/c1-11(2,3)9(12)10(14)13-8-5-4-6-17(15,16)7-8;/h8-9H,4-7,12H2,1-3H3,(H,13,14);1H/t8?,9-;/m1./s1. The molecule has 3 N–H and O–H groups in total. The number of halogens is 1. The van der Waals surface area contributed by atoms with Crippen LogP contribution in [0.15, 0.2) is 0 Å². The second kappa shape index (κ2) is 6.21. The highest BCUT2D eigenvalue weighted by atomic mass is 35.5. The Morgan fingerprint density at radius 3 is 2.39 bits per heavy atom. The van der Waals surface area contributed by atoms with Crippen molar-refractivity contribution in [1.82, 2.24) is 5.32 Å². The van der Waals surface area contributed by atoms with E-state index in [1.165, 1.54) is 0 Å². The first-order valence-electron chi connectivity index (χ1n) is 5.88. The summed E-state index contributed by atoms with van der Waals surface area (Å²) in [5.41, 5.74) is 5.50. The van der Waals surface area contributed by atoms with E-state index in [1.807, 2.05) is 20.8 Å². The molecular formula is C11H23ClN2O3S. The van der Waals surface area contributed by atoms with Gasteiger partial charge in [0.2, 0.25) is 5.91 Å². The normalized spacial score (nSPS) is 24.8. The van der Waals surface area contributed by atoms with E-state index in [9.17, 15) is 13.2 Å². The zero-order valence-electron chi connectivity index (χ0n) is 11.1. The summed E-state index contributed by atoms with van der Waals surface area (Å²) >= 11 is 0. The molecule has 0 aliphatic carbocycles. The summed E-state index contributed by atoms with van der Waals surface area (Å²) in [7, 11) is -2.99. The van der Waals surface area contributed by atoms with Crippen molar-refractivity contribution in [2.45, 2.75) is 45.7 Å². The van der Waals surface area contributed by atoms with Gasteiger partial charge in [-0.1, -0.05) is 20.8 Å². The summed E-state index contributed by atoms with van der Waals surface area (Å²) in [6.07, 6.45) is 1.32. The van der Waals surface area contributed by atoms with Gasteiger partial charge in [-0.15, -0.1) is 12.4 Å². The molecule has 1 heterocycles. The molecule has 0 aromatic rings. The van der Waals surface area contributed by atoms with Crippen molar-refractivity contribution in [3.05, 3.63) is 0 Å². The lowest BCUT2D eigenvalue weighted by Gasteiger charge is -2.29. The van der Waals surface area contributed by atoms with Crippen molar-refractivity contribution < 1.29 is 13.2 Å². The lowest BCUT2D eigenvalue weighted by atomic mass is 9.87. The fraction of sp³-hybridized carbons (Fsp3) is 0.909. The van der Waals surface area contributed by atoms with Crippen molar-refractivity contribution in [2.75, 3.05) is 11.5 Å². The number of carbonyl (C=O) groups excluding carboxylic acids is 1. The lowest BCUT2D eigenvalue weighted by molar-refractivity contribution is -0.125. The van der Waals surface area contributed by atoms with Gasteiger partial charge in [0.15, 0.2) is 9.84 Å².